The number of ether oxygens (including phenoxy) is 1. The summed E-state index contributed by atoms with van der Waals surface area (Å²) in [6.45, 7) is 7.42. The molecule has 0 bridgehead atoms. The Balaban J connectivity index is 1.93. The fourth-order valence-electron chi connectivity index (χ4n) is 2.37. The van der Waals surface area contributed by atoms with Crippen LogP contribution < -0.4 is 5.32 Å². The highest BCUT2D eigenvalue weighted by atomic mass is 16.5. The zero-order chi connectivity index (χ0) is 12.1. The Bertz CT molecular complexity index is 343. The highest BCUT2D eigenvalue weighted by Gasteiger charge is 2.14. The maximum absolute atomic E-state index is 5.39. The quantitative estimate of drug-likeness (QED) is 0.857. The van der Waals surface area contributed by atoms with E-state index in [-0.39, 0.29) is 0 Å². The van der Waals surface area contributed by atoms with Crippen molar-refractivity contribution in [3.63, 3.8) is 0 Å². The largest absolute Gasteiger partial charge is 0.385 e. The standard InChI is InChI=1S/C15H23NO/c1-12(2)14-5-3-4-6-15(14)16-11-13-7-9-17-10-8-13/h3-6,12-13,16H,7-11H2,1-2H3. The lowest BCUT2D eigenvalue weighted by Crippen LogP contribution is -2.23. The van der Waals surface area contributed by atoms with Gasteiger partial charge < -0.3 is 10.1 Å². The maximum atomic E-state index is 5.39. The first kappa shape index (κ1) is 12.4. The van der Waals surface area contributed by atoms with E-state index in [1.165, 1.54) is 24.1 Å². The van der Waals surface area contributed by atoms with E-state index >= 15 is 0 Å². The SMILES string of the molecule is CC(C)c1ccccc1NCC1CCOCC1. The van der Waals surface area contributed by atoms with E-state index in [4.69, 9.17) is 4.74 Å². The van der Waals surface area contributed by atoms with Crippen LogP contribution in [0.2, 0.25) is 0 Å². The van der Waals surface area contributed by atoms with Gasteiger partial charge in [0.2, 0.25) is 0 Å². The van der Waals surface area contributed by atoms with Gasteiger partial charge in [0.25, 0.3) is 0 Å². The van der Waals surface area contributed by atoms with Crippen molar-refractivity contribution in [3.05, 3.63) is 29.8 Å². The van der Waals surface area contributed by atoms with Gasteiger partial charge in [0, 0.05) is 25.4 Å². The van der Waals surface area contributed by atoms with Gasteiger partial charge in [-0.2, -0.15) is 0 Å². The number of hydrogen-bond donors (Lipinski definition) is 1. The maximum Gasteiger partial charge on any atom is 0.0469 e. The van der Waals surface area contributed by atoms with Gasteiger partial charge in [0.05, 0.1) is 0 Å². The molecular formula is C15H23NO. The summed E-state index contributed by atoms with van der Waals surface area (Å²) in [5.41, 5.74) is 2.72. The second-order valence-electron chi connectivity index (χ2n) is 5.18. The van der Waals surface area contributed by atoms with Crippen molar-refractivity contribution < 1.29 is 4.74 Å². The number of para-hydroxylation sites is 1. The van der Waals surface area contributed by atoms with Crippen molar-refractivity contribution >= 4 is 5.69 Å². The molecule has 2 heteroatoms. The van der Waals surface area contributed by atoms with E-state index in [0.717, 1.165) is 25.7 Å². The van der Waals surface area contributed by atoms with E-state index in [9.17, 15) is 0 Å². The molecule has 0 radical (unpaired) electrons. The van der Waals surface area contributed by atoms with E-state index in [1.54, 1.807) is 0 Å². The van der Waals surface area contributed by atoms with Crippen LogP contribution in [0.15, 0.2) is 24.3 Å². The third kappa shape index (κ3) is 3.47. The second-order valence-corrected chi connectivity index (χ2v) is 5.18. The van der Waals surface area contributed by atoms with E-state index in [0.29, 0.717) is 5.92 Å². The van der Waals surface area contributed by atoms with Crippen molar-refractivity contribution in [3.8, 4) is 0 Å². The number of benzene rings is 1. The van der Waals surface area contributed by atoms with Gasteiger partial charge in [-0.1, -0.05) is 32.0 Å². The predicted molar refractivity (Wildman–Crippen MR) is 72.6 cm³/mol. The first-order valence-corrected chi connectivity index (χ1v) is 6.68. The minimum absolute atomic E-state index is 0.577. The van der Waals surface area contributed by atoms with Gasteiger partial charge >= 0.3 is 0 Å². The van der Waals surface area contributed by atoms with Crippen molar-refractivity contribution in [2.24, 2.45) is 5.92 Å². The predicted octanol–water partition coefficient (Wildman–Crippen LogP) is 3.65. The summed E-state index contributed by atoms with van der Waals surface area (Å²) in [7, 11) is 0. The van der Waals surface area contributed by atoms with Gasteiger partial charge in [-0.25, -0.2) is 0 Å². The van der Waals surface area contributed by atoms with Crippen LogP contribution in [0.5, 0.6) is 0 Å². The van der Waals surface area contributed by atoms with Crippen molar-refractivity contribution in [2.45, 2.75) is 32.6 Å². The zero-order valence-corrected chi connectivity index (χ0v) is 10.9. The van der Waals surface area contributed by atoms with Crippen molar-refractivity contribution in [2.75, 3.05) is 25.1 Å². The van der Waals surface area contributed by atoms with Crippen LogP contribution in [-0.4, -0.2) is 19.8 Å². The molecular weight excluding hydrogens is 210 g/mol. The van der Waals surface area contributed by atoms with Crippen LogP contribution in [0.4, 0.5) is 5.69 Å². The number of hydrogen-bond acceptors (Lipinski definition) is 2. The Morgan fingerprint density at radius 3 is 2.65 bits per heavy atom. The lowest BCUT2D eigenvalue weighted by atomic mass is 9.98. The summed E-state index contributed by atoms with van der Waals surface area (Å²) in [5, 5.41) is 3.61. The van der Waals surface area contributed by atoms with Crippen LogP contribution in [0, 0.1) is 5.92 Å². The molecule has 0 spiro atoms. The molecule has 1 aromatic rings. The Kier molecular flexibility index (Phi) is 4.43. The Hall–Kier alpha value is -1.02. The molecule has 1 aliphatic rings. The van der Waals surface area contributed by atoms with Gasteiger partial charge in [-0.05, 0) is 36.3 Å². The molecule has 1 N–H and O–H groups in total. The third-order valence-corrected chi connectivity index (χ3v) is 3.50. The van der Waals surface area contributed by atoms with E-state index in [1.807, 2.05) is 0 Å². The lowest BCUT2D eigenvalue weighted by Gasteiger charge is -2.23. The average Bonchev–Trinajstić information content (AvgIpc) is 2.38. The molecule has 0 amide bonds. The molecule has 17 heavy (non-hydrogen) atoms. The summed E-state index contributed by atoms with van der Waals surface area (Å²) >= 11 is 0. The number of anilines is 1. The van der Waals surface area contributed by atoms with Crippen LogP contribution >= 0.6 is 0 Å². The molecule has 1 fully saturated rings. The molecule has 2 rings (SSSR count). The van der Waals surface area contributed by atoms with Crippen molar-refractivity contribution in [1.82, 2.24) is 0 Å². The third-order valence-electron chi connectivity index (χ3n) is 3.50. The van der Waals surface area contributed by atoms with Gasteiger partial charge in [0.1, 0.15) is 0 Å². The summed E-state index contributed by atoms with van der Waals surface area (Å²) in [4.78, 5) is 0. The summed E-state index contributed by atoms with van der Waals surface area (Å²) < 4.78 is 5.39. The topological polar surface area (TPSA) is 21.3 Å². The monoisotopic (exact) mass is 233 g/mol. The van der Waals surface area contributed by atoms with E-state index < -0.39 is 0 Å². The Morgan fingerprint density at radius 1 is 1.24 bits per heavy atom. The molecule has 2 nitrogen and oxygen atoms in total. The fourth-order valence-corrected chi connectivity index (χ4v) is 2.37. The molecule has 0 saturated carbocycles. The smallest absolute Gasteiger partial charge is 0.0469 e. The minimum atomic E-state index is 0.577. The zero-order valence-electron chi connectivity index (χ0n) is 10.9. The second kappa shape index (κ2) is 6.06. The Labute approximate surface area is 104 Å². The molecule has 0 unspecified atom stereocenters. The van der Waals surface area contributed by atoms with Crippen LogP contribution in [0.1, 0.15) is 38.2 Å². The average molecular weight is 233 g/mol. The van der Waals surface area contributed by atoms with Gasteiger partial charge in [-0.3, -0.25) is 0 Å². The van der Waals surface area contributed by atoms with Crippen molar-refractivity contribution in [1.29, 1.82) is 0 Å². The first-order valence-electron chi connectivity index (χ1n) is 6.68. The van der Waals surface area contributed by atoms with E-state index in [2.05, 4.69) is 43.4 Å². The summed E-state index contributed by atoms with van der Waals surface area (Å²) in [6.07, 6.45) is 2.38. The molecule has 94 valence electrons. The summed E-state index contributed by atoms with van der Waals surface area (Å²) in [5.74, 6) is 1.34. The number of rotatable bonds is 4. The summed E-state index contributed by atoms with van der Waals surface area (Å²) in [6, 6.07) is 8.64. The van der Waals surface area contributed by atoms with Gasteiger partial charge in [0.15, 0.2) is 0 Å². The highest BCUT2D eigenvalue weighted by molar-refractivity contribution is 5.52. The van der Waals surface area contributed by atoms with Crippen LogP contribution in [0.25, 0.3) is 0 Å². The normalized spacial score (nSPS) is 17.4. The molecule has 1 aromatic carbocycles. The first-order chi connectivity index (χ1) is 8.27. The van der Waals surface area contributed by atoms with Gasteiger partial charge in [-0.15, -0.1) is 0 Å². The molecule has 0 atom stereocenters. The molecule has 1 heterocycles. The molecule has 1 aliphatic heterocycles. The molecule has 1 saturated heterocycles. The molecule has 0 aliphatic carbocycles. The Morgan fingerprint density at radius 2 is 1.94 bits per heavy atom. The van der Waals surface area contributed by atoms with Crippen LogP contribution in [0.3, 0.4) is 0 Å². The lowest BCUT2D eigenvalue weighted by molar-refractivity contribution is 0.0699. The van der Waals surface area contributed by atoms with Crippen LogP contribution in [-0.2, 0) is 4.74 Å². The minimum Gasteiger partial charge on any atom is -0.385 e. The molecule has 0 aromatic heterocycles. The number of nitrogens with one attached hydrogen (secondary N) is 1. The fraction of sp³-hybridized carbons (Fsp3) is 0.600. The highest BCUT2D eigenvalue weighted by Crippen LogP contribution is 2.24.